The van der Waals surface area contributed by atoms with E-state index < -0.39 is 22.2 Å². The zero-order chi connectivity index (χ0) is 32.1. The third-order valence-corrected chi connectivity index (χ3v) is 6.48. The van der Waals surface area contributed by atoms with Crippen molar-refractivity contribution >= 4 is 22.8 Å². The van der Waals surface area contributed by atoms with E-state index in [0.717, 1.165) is 23.0 Å². The quantitative estimate of drug-likeness (QED) is 0.0706. The maximum absolute atomic E-state index is 13.6. The summed E-state index contributed by atoms with van der Waals surface area (Å²) in [6.07, 6.45) is -0.228. The molecule has 0 aliphatic rings. The van der Waals surface area contributed by atoms with Gasteiger partial charge in [0.05, 0.1) is 34.2 Å². The van der Waals surface area contributed by atoms with Crippen LogP contribution >= 0.6 is 0 Å². The summed E-state index contributed by atoms with van der Waals surface area (Å²) in [5.74, 6) is 0.597. The maximum Gasteiger partial charge on any atom is 0.416 e. The molecule has 0 bridgehead atoms. The van der Waals surface area contributed by atoms with E-state index >= 15 is 0 Å². The van der Waals surface area contributed by atoms with Gasteiger partial charge in [-0.2, -0.15) is 22.9 Å². The number of para-hydroxylation sites is 1. The molecular formula is C32H24F3N5O5. The summed E-state index contributed by atoms with van der Waals surface area (Å²) in [6.45, 7) is 5.81. The second kappa shape index (κ2) is 12.8. The molecule has 5 aromatic rings. The molecule has 10 nitrogen and oxygen atoms in total. The van der Waals surface area contributed by atoms with Gasteiger partial charge in [0.2, 0.25) is 5.88 Å². The monoisotopic (exact) mass is 615 g/mol. The third kappa shape index (κ3) is 6.72. The van der Waals surface area contributed by atoms with Gasteiger partial charge in [0, 0.05) is 23.3 Å². The molecule has 0 amide bonds. The summed E-state index contributed by atoms with van der Waals surface area (Å²) >= 11 is 0. The molecule has 45 heavy (non-hydrogen) atoms. The normalized spacial score (nSPS) is 11.6. The number of ether oxygens (including phenoxy) is 2. The van der Waals surface area contributed by atoms with Crippen molar-refractivity contribution in [2.45, 2.75) is 19.5 Å². The average molecular weight is 616 g/mol. The number of hydrogen-bond donors (Lipinski definition) is 0. The predicted molar refractivity (Wildman–Crippen MR) is 162 cm³/mol. The van der Waals surface area contributed by atoms with Crippen molar-refractivity contribution in [3.63, 3.8) is 0 Å². The van der Waals surface area contributed by atoms with Crippen LogP contribution in [0, 0.1) is 10.1 Å². The first-order chi connectivity index (χ1) is 21.6. The summed E-state index contributed by atoms with van der Waals surface area (Å²) in [5, 5.41) is 15.6. The summed E-state index contributed by atoms with van der Waals surface area (Å²) < 4.78 is 53.3. The van der Waals surface area contributed by atoms with Crippen LogP contribution in [0.2, 0.25) is 0 Å². The third-order valence-electron chi connectivity index (χ3n) is 6.48. The zero-order valence-corrected chi connectivity index (χ0v) is 23.7. The fourth-order valence-electron chi connectivity index (χ4n) is 4.47. The molecule has 0 atom stereocenters. The summed E-state index contributed by atoms with van der Waals surface area (Å²) in [5.41, 5.74) is -0.264. The second-order valence-electron chi connectivity index (χ2n) is 9.54. The van der Waals surface area contributed by atoms with Gasteiger partial charge in [-0.25, -0.2) is 9.97 Å². The highest BCUT2D eigenvalue weighted by Gasteiger charge is 2.31. The number of halogens is 3. The van der Waals surface area contributed by atoms with Crippen LogP contribution in [0.15, 0.2) is 102 Å². The van der Waals surface area contributed by atoms with Gasteiger partial charge in [-0.15, -0.1) is 6.58 Å². The maximum atomic E-state index is 13.6. The fourth-order valence-corrected chi connectivity index (χ4v) is 4.47. The minimum Gasteiger partial charge on any atom is -0.490 e. The summed E-state index contributed by atoms with van der Waals surface area (Å²) in [7, 11) is 0. The van der Waals surface area contributed by atoms with Crippen molar-refractivity contribution < 1.29 is 27.6 Å². The lowest BCUT2D eigenvalue weighted by Gasteiger charge is -2.16. The molecular weight excluding hydrogens is 591 g/mol. The molecule has 228 valence electrons. The van der Waals surface area contributed by atoms with Gasteiger partial charge < -0.3 is 9.47 Å². The lowest BCUT2D eigenvalue weighted by atomic mass is 10.1. The van der Waals surface area contributed by atoms with Crippen molar-refractivity contribution in [3.05, 3.63) is 129 Å². The number of hydrogen-bond acceptors (Lipinski definition) is 8. The summed E-state index contributed by atoms with van der Waals surface area (Å²) in [4.78, 5) is 32.5. The number of rotatable bonds is 10. The van der Waals surface area contributed by atoms with E-state index in [2.05, 4.69) is 21.6 Å². The molecule has 0 fully saturated rings. The van der Waals surface area contributed by atoms with Crippen LogP contribution in [0.25, 0.3) is 22.3 Å². The minimum atomic E-state index is -4.60. The van der Waals surface area contributed by atoms with Gasteiger partial charge in [0.25, 0.3) is 11.2 Å². The SMILES string of the molecule is C=CCc1cc(C=Nn2c(-c3cccc(C(F)(F)F)c3)nc3ccccc3c2=O)cc(OCC)c1Oc1ccc([N+](=O)[O-])cn1. The van der Waals surface area contributed by atoms with E-state index in [0.29, 0.717) is 34.6 Å². The van der Waals surface area contributed by atoms with Crippen LogP contribution in [0.3, 0.4) is 0 Å². The Kier molecular flexibility index (Phi) is 8.70. The average Bonchev–Trinajstić information content (AvgIpc) is 3.02. The summed E-state index contributed by atoms with van der Waals surface area (Å²) in [6, 6.07) is 16.9. The number of aromatic nitrogens is 3. The molecule has 0 saturated carbocycles. The lowest BCUT2D eigenvalue weighted by molar-refractivity contribution is -0.385. The van der Waals surface area contributed by atoms with Gasteiger partial charge in [-0.3, -0.25) is 14.9 Å². The molecule has 13 heteroatoms. The Hall–Kier alpha value is -5.85. The van der Waals surface area contributed by atoms with Crippen LogP contribution in [-0.2, 0) is 12.6 Å². The van der Waals surface area contributed by atoms with Crippen LogP contribution < -0.4 is 15.0 Å². The molecule has 0 spiro atoms. The number of allylic oxidation sites excluding steroid dienone is 1. The molecule has 0 unspecified atom stereocenters. The Morgan fingerprint density at radius 3 is 2.58 bits per heavy atom. The Morgan fingerprint density at radius 1 is 1.09 bits per heavy atom. The van der Waals surface area contributed by atoms with Crippen molar-refractivity contribution in [1.29, 1.82) is 0 Å². The highest BCUT2D eigenvalue weighted by molar-refractivity contribution is 5.83. The number of alkyl halides is 3. The predicted octanol–water partition coefficient (Wildman–Crippen LogP) is 7.19. The van der Waals surface area contributed by atoms with Crippen LogP contribution in [0.4, 0.5) is 18.9 Å². The van der Waals surface area contributed by atoms with Crippen molar-refractivity contribution in [2.24, 2.45) is 5.10 Å². The van der Waals surface area contributed by atoms with E-state index in [-0.39, 0.29) is 34.9 Å². The van der Waals surface area contributed by atoms with Crippen LogP contribution in [0.1, 0.15) is 23.6 Å². The first-order valence-electron chi connectivity index (χ1n) is 13.5. The highest BCUT2D eigenvalue weighted by Crippen LogP contribution is 2.37. The first kappa shape index (κ1) is 30.6. The van der Waals surface area contributed by atoms with E-state index in [9.17, 15) is 28.1 Å². The van der Waals surface area contributed by atoms with Gasteiger partial charge in [0.1, 0.15) is 6.20 Å². The Bertz CT molecular complexity index is 1990. The molecule has 5 rings (SSSR count). The van der Waals surface area contributed by atoms with Crippen molar-refractivity contribution in [1.82, 2.24) is 14.6 Å². The number of nitrogens with zero attached hydrogens (tertiary/aromatic N) is 5. The van der Waals surface area contributed by atoms with E-state index in [1.807, 2.05) is 0 Å². The lowest BCUT2D eigenvalue weighted by Crippen LogP contribution is -2.20. The molecule has 2 aromatic heterocycles. The molecule has 0 aliphatic heterocycles. The smallest absolute Gasteiger partial charge is 0.416 e. The van der Waals surface area contributed by atoms with Gasteiger partial charge >= 0.3 is 6.18 Å². The Balaban J connectivity index is 1.62. The molecule has 0 aliphatic carbocycles. The highest BCUT2D eigenvalue weighted by atomic mass is 19.4. The van der Waals surface area contributed by atoms with E-state index in [4.69, 9.17) is 9.47 Å². The Morgan fingerprint density at radius 2 is 1.89 bits per heavy atom. The molecule has 3 aromatic carbocycles. The largest absolute Gasteiger partial charge is 0.490 e. The van der Waals surface area contributed by atoms with E-state index in [1.165, 1.54) is 30.5 Å². The van der Waals surface area contributed by atoms with Crippen molar-refractivity contribution in [3.8, 4) is 28.8 Å². The fraction of sp³-hybridized carbons (Fsp3) is 0.125. The Labute approximate surface area is 253 Å². The second-order valence-corrected chi connectivity index (χ2v) is 9.54. The number of nitro groups is 1. The zero-order valence-electron chi connectivity index (χ0n) is 23.7. The van der Waals surface area contributed by atoms with Gasteiger partial charge in [0.15, 0.2) is 17.3 Å². The standard InChI is InChI=1S/C32H24F3N5O5/c1-3-8-21-15-20(16-27(44-4-2)29(21)45-28-14-13-24(19-36-28)40(42)43)18-37-39-30(22-9-7-10-23(17-22)32(33,34)35)38-26-12-6-5-11-25(26)31(39)41/h3,5-7,9-19H,1,4,8H2,2H3. The molecule has 0 saturated heterocycles. The van der Waals surface area contributed by atoms with Crippen molar-refractivity contribution in [2.75, 3.05) is 6.61 Å². The number of benzene rings is 3. The van der Waals surface area contributed by atoms with Gasteiger partial charge in [-0.05, 0) is 55.3 Å². The van der Waals surface area contributed by atoms with Gasteiger partial charge in [-0.1, -0.05) is 30.3 Å². The topological polar surface area (TPSA) is 122 Å². The first-order valence-corrected chi connectivity index (χ1v) is 13.5. The number of fused-ring (bicyclic) bond motifs is 1. The minimum absolute atomic E-state index is 0.0477. The number of pyridine rings is 1. The molecule has 0 radical (unpaired) electrons. The molecule has 2 heterocycles. The van der Waals surface area contributed by atoms with Crippen LogP contribution in [0.5, 0.6) is 17.4 Å². The van der Waals surface area contributed by atoms with Crippen LogP contribution in [-0.4, -0.2) is 32.4 Å². The van der Waals surface area contributed by atoms with E-state index in [1.54, 1.807) is 49.4 Å². The molecule has 0 N–H and O–H groups in total.